The van der Waals surface area contributed by atoms with Gasteiger partial charge in [0.15, 0.2) is 0 Å². The van der Waals surface area contributed by atoms with Gasteiger partial charge in [-0.2, -0.15) is 0 Å². The third kappa shape index (κ3) is 3.19. The van der Waals surface area contributed by atoms with Crippen LogP contribution in [0.1, 0.15) is 20.3 Å². The van der Waals surface area contributed by atoms with Crippen LogP contribution in [0, 0.1) is 5.92 Å². The lowest BCUT2D eigenvalue weighted by atomic mass is 10.0. The monoisotopic (exact) mass is 208 g/mol. The molecule has 0 radical (unpaired) electrons. The molecule has 1 aromatic rings. The molecule has 15 heavy (non-hydrogen) atoms. The van der Waals surface area contributed by atoms with Crippen molar-refractivity contribution in [2.45, 2.75) is 20.3 Å². The lowest BCUT2D eigenvalue weighted by Crippen LogP contribution is -2.22. The lowest BCUT2D eigenvalue weighted by Gasteiger charge is -2.10. The highest BCUT2D eigenvalue weighted by Crippen LogP contribution is 2.11. The van der Waals surface area contributed by atoms with Gasteiger partial charge in [-0.25, -0.2) is 0 Å². The van der Waals surface area contributed by atoms with E-state index in [9.17, 15) is 4.79 Å². The van der Waals surface area contributed by atoms with Crippen molar-refractivity contribution >= 4 is 11.9 Å². The topological polar surface area (TPSA) is 59.8 Å². The third-order valence-corrected chi connectivity index (χ3v) is 2.05. The van der Waals surface area contributed by atoms with Gasteiger partial charge in [-0.05, 0) is 13.3 Å². The maximum Gasteiger partial charge on any atom is 0.230 e. The quantitative estimate of drug-likeness (QED) is 0.760. The van der Waals surface area contributed by atoms with Gasteiger partial charge < -0.3 is 4.57 Å². The van der Waals surface area contributed by atoms with Gasteiger partial charge in [-0.3, -0.25) is 10.1 Å². The van der Waals surface area contributed by atoms with Crippen LogP contribution >= 0.6 is 0 Å². The molecule has 1 heterocycles. The summed E-state index contributed by atoms with van der Waals surface area (Å²) in [4.78, 5) is 11.7. The Hall–Kier alpha value is -1.65. The zero-order chi connectivity index (χ0) is 11.4. The first kappa shape index (κ1) is 11.4. The van der Waals surface area contributed by atoms with E-state index in [1.807, 2.05) is 13.8 Å². The number of anilines is 1. The van der Waals surface area contributed by atoms with Gasteiger partial charge in [0.2, 0.25) is 11.9 Å². The molecule has 82 valence electrons. The minimum Gasteiger partial charge on any atom is -0.303 e. The van der Waals surface area contributed by atoms with Gasteiger partial charge in [-0.15, -0.1) is 16.8 Å². The molecule has 5 heteroatoms. The average Bonchev–Trinajstić information content (AvgIpc) is 2.50. The highest BCUT2D eigenvalue weighted by molar-refractivity contribution is 5.90. The Bertz CT molecular complexity index is 369. The van der Waals surface area contributed by atoms with E-state index in [1.54, 1.807) is 17.9 Å². The number of aromatic nitrogens is 3. The number of carbonyl (C=O) groups is 1. The molecule has 0 aromatic carbocycles. The molecule has 0 aliphatic rings. The number of amides is 1. The second-order valence-electron chi connectivity index (χ2n) is 3.82. The summed E-state index contributed by atoms with van der Waals surface area (Å²) >= 11 is 0. The first-order valence-electron chi connectivity index (χ1n) is 4.80. The van der Waals surface area contributed by atoms with Crippen LogP contribution in [-0.4, -0.2) is 20.7 Å². The van der Waals surface area contributed by atoms with E-state index in [-0.39, 0.29) is 11.8 Å². The van der Waals surface area contributed by atoms with Gasteiger partial charge >= 0.3 is 0 Å². The number of hydrogen-bond donors (Lipinski definition) is 1. The fourth-order valence-electron chi connectivity index (χ4n) is 1.25. The molecule has 5 nitrogen and oxygen atoms in total. The molecular weight excluding hydrogens is 192 g/mol. The zero-order valence-corrected chi connectivity index (χ0v) is 9.32. The molecule has 0 aliphatic carbocycles. The van der Waals surface area contributed by atoms with Crippen molar-refractivity contribution in [1.29, 1.82) is 0 Å². The van der Waals surface area contributed by atoms with Crippen LogP contribution in [0.5, 0.6) is 0 Å². The van der Waals surface area contributed by atoms with Crippen LogP contribution in [0.4, 0.5) is 5.95 Å². The molecule has 0 unspecified atom stereocenters. The molecule has 0 bridgehead atoms. The third-order valence-electron chi connectivity index (χ3n) is 2.05. The second kappa shape index (κ2) is 4.72. The van der Waals surface area contributed by atoms with Crippen molar-refractivity contribution in [2.24, 2.45) is 13.0 Å². The fraction of sp³-hybridized carbons (Fsp3) is 0.500. The molecule has 0 aliphatic heterocycles. The van der Waals surface area contributed by atoms with E-state index in [0.717, 1.165) is 5.57 Å². The van der Waals surface area contributed by atoms with E-state index >= 15 is 0 Å². The molecule has 1 amide bonds. The van der Waals surface area contributed by atoms with Crippen LogP contribution in [0.2, 0.25) is 0 Å². The number of allylic oxidation sites excluding steroid dienone is 1. The van der Waals surface area contributed by atoms with Crippen molar-refractivity contribution in [2.75, 3.05) is 5.32 Å². The molecule has 1 rings (SSSR count). The summed E-state index contributed by atoms with van der Waals surface area (Å²) in [5.41, 5.74) is 0.996. The number of carbonyl (C=O) groups excluding carboxylic acids is 1. The van der Waals surface area contributed by atoms with E-state index in [2.05, 4.69) is 22.1 Å². The number of hydrogen-bond acceptors (Lipinski definition) is 3. The zero-order valence-electron chi connectivity index (χ0n) is 9.32. The van der Waals surface area contributed by atoms with Gasteiger partial charge in [0, 0.05) is 13.0 Å². The summed E-state index contributed by atoms with van der Waals surface area (Å²) in [7, 11) is 1.78. The van der Waals surface area contributed by atoms with E-state index < -0.39 is 0 Å². The minimum absolute atomic E-state index is 0.0610. The normalized spacial score (nSPS) is 12.2. The largest absolute Gasteiger partial charge is 0.303 e. The second-order valence-corrected chi connectivity index (χ2v) is 3.82. The van der Waals surface area contributed by atoms with E-state index in [1.165, 1.54) is 0 Å². The SMILES string of the molecule is C=C(C)C[C@H](C)C(=O)Nc1nncn1C. The average molecular weight is 208 g/mol. The van der Waals surface area contributed by atoms with Crippen LogP contribution in [-0.2, 0) is 11.8 Å². The molecule has 1 atom stereocenters. The van der Waals surface area contributed by atoms with Crippen molar-refractivity contribution < 1.29 is 4.79 Å². The maximum atomic E-state index is 11.7. The summed E-state index contributed by atoms with van der Waals surface area (Å²) in [5.74, 6) is 0.307. The van der Waals surface area contributed by atoms with Crippen molar-refractivity contribution in [3.05, 3.63) is 18.5 Å². The van der Waals surface area contributed by atoms with E-state index in [4.69, 9.17) is 0 Å². The standard InChI is InChI=1S/C10H16N4O/c1-7(2)5-8(3)9(15)12-10-13-11-6-14(10)4/h6,8H,1,5H2,2-4H3,(H,12,13,15)/t8-/m0/s1. The van der Waals surface area contributed by atoms with Crippen LogP contribution in [0.3, 0.4) is 0 Å². The number of rotatable bonds is 4. The number of nitrogens with one attached hydrogen (secondary N) is 1. The maximum absolute atomic E-state index is 11.7. The molecular formula is C10H16N4O. The predicted molar refractivity (Wildman–Crippen MR) is 58.2 cm³/mol. The van der Waals surface area contributed by atoms with Crippen molar-refractivity contribution in [3.8, 4) is 0 Å². The lowest BCUT2D eigenvalue weighted by molar-refractivity contribution is -0.119. The molecule has 0 fully saturated rings. The minimum atomic E-state index is -0.0980. The molecule has 1 N–H and O–H groups in total. The van der Waals surface area contributed by atoms with E-state index in [0.29, 0.717) is 12.4 Å². The Labute approximate surface area is 89.2 Å². The van der Waals surface area contributed by atoms with Crippen LogP contribution < -0.4 is 5.32 Å². The molecule has 0 spiro atoms. The Morgan fingerprint density at radius 2 is 2.40 bits per heavy atom. The molecule has 0 saturated heterocycles. The summed E-state index contributed by atoms with van der Waals surface area (Å²) in [6.45, 7) is 7.55. The highest BCUT2D eigenvalue weighted by Gasteiger charge is 2.14. The number of aryl methyl sites for hydroxylation is 1. The van der Waals surface area contributed by atoms with Crippen LogP contribution in [0.25, 0.3) is 0 Å². The van der Waals surface area contributed by atoms with Gasteiger partial charge in [0.1, 0.15) is 6.33 Å². The molecule has 0 saturated carbocycles. The summed E-state index contributed by atoms with van der Waals surface area (Å²) in [6.07, 6.45) is 2.22. The predicted octanol–water partition coefficient (Wildman–Crippen LogP) is 1.36. The van der Waals surface area contributed by atoms with Crippen molar-refractivity contribution in [3.63, 3.8) is 0 Å². The van der Waals surface area contributed by atoms with Crippen LogP contribution in [0.15, 0.2) is 18.5 Å². The fourth-order valence-corrected chi connectivity index (χ4v) is 1.25. The summed E-state index contributed by atoms with van der Waals surface area (Å²) < 4.78 is 1.66. The Morgan fingerprint density at radius 1 is 1.73 bits per heavy atom. The molecule has 1 aromatic heterocycles. The first-order chi connectivity index (χ1) is 7.00. The Morgan fingerprint density at radius 3 is 2.87 bits per heavy atom. The van der Waals surface area contributed by atoms with Gasteiger partial charge in [-0.1, -0.05) is 12.5 Å². The highest BCUT2D eigenvalue weighted by atomic mass is 16.2. The Balaban J connectivity index is 2.56. The number of nitrogens with zero attached hydrogens (tertiary/aromatic N) is 3. The first-order valence-corrected chi connectivity index (χ1v) is 4.80. The van der Waals surface area contributed by atoms with Crippen molar-refractivity contribution in [1.82, 2.24) is 14.8 Å². The van der Waals surface area contributed by atoms with Gasteiger partial charge in [0.05, 0.1) is 0 Å². The Kier molecular flexibility index (Phi) is 3.60. The smallest absolute Gasteiger partial charge is 0.230 e. The summed E-state index contributed by atoms with van der Waals surface area (Å²) in [6, 6.07) is 0. The summed E-state index contributed by atoms with van der Waals surface area (Å²) in [5, 5.41) is 10.2. The van der Waals surface area contributed by atoms with Gasteiger partial charge in [0.25, 0.3) is 0 Å².